The third-order valence-corrected chi connectivity index (χ3v) is 2.49. The summed E-state index contributed by atoms with van der Waals surface area (Å²) in [6, 6.07) is 0. The van der Waals surface area contributed by atoms with E-state index >= 15 is 0 Å². The first kappa shape index (κ1) is 10.5. The van der Waals surface area contributed by atoms with E-state index in [1.807, 2.05) is 12.4 Å². The van der Waals surface area contributed by atoms with Crippen molar-refractivity contribution in [3.05, 3.63) is 18.2 Å². The molecule has 2 nitrogen and oxygen atoms in total. The van der Waals surface area contributed by atoms with E-state index in [4.69, 9.17) is 0 Å². The van der Waals surface area contributed by atoms with E-state index in [-0.39, 0.29) is 0 Å². The van der Waals surface area contributed by atoms with Crippen LogP contribution in [-0.4, -0.2) is 15.2 Å². The van der Waals surface area contributed by atoms with E-state index < -0.39 is 0 Å². The molecule has 13 heavy (non-hydrogen) atoms. The molecule has 0 aliphatic rings. The second-order valence-electron chi connectivity index (χ2n) is 3.60. The van der Waals surface area contributed by atoms with Crippen molar-refractivity contribution < 1.29 is 0 Å². The lowest BCUT2D eigenvalue weighted by Crippen LogP contribution is -1.97. The fourth-order valence-electron chi connectivity index (χ4n) is 0.957. The Morgan fingerprint density at radius 2 is 1.62 bits per heavy atom. The Balaban J connectivity index is 2.70. The smallest absolute Gasteiger partial charge is 0.130 e. The number of hydrogen-bond acceptors (Lipinski definition) is 3. The second kappa shape index (κ2) is 4.61. The van der Waals surface area contributed by atoms with Crippen molar-refractivity contribution in [2.24, 2.45) is 0 Å². The van der Waals surface area contributed by atoms with Gasteiger partial charge >= 0.3 is 0 Å². The average molecular weight is 196 g/mol. The normalized spacial score (nSPS) is 11.2. The Bertz CT molecular complexity index is 254. The highest BCUT2D eigenvalue weighted by Crippen LogP contribution is 2.21. The number of nitrogens with zero attached hydrogens (tertiary/aromatic N) is 2. The number of thioether (sulfide) groups is 1. The van der Waals surface area contributed by atoms with Crippen molar-refractivity contribution in [2.75, 3.05) is 0 Å². The van der Waals surface area contributed by atoms with Gasteiger partial charge in [-0.3, -0.25) is 0 Å². The van der Waals surface area contributed by atoms with E-state index in [1.54, 1.807) is 11.8 Å². The number of aromatic nitrogens is 2. The minimum atomic E-state index is 0.415. The van der Waals surface area contributed by atoms with Crippen molar-refractivity contribution in [3.63, 3.8) is 0 Å². The van der Waals surface area contributed by atoms with Gasteiger partial charge < -0.3 is 0 Å². The SMILES string of the molecule is CC(C)Sc1cnc(C(C)C)nc1. The van der Waals surface area contributed by atoms with Crippen LogP contribution in [0.1, 0.15) is 39.4 Å². The largest absolute Gasteiger partial charge is 0.240 e. The van der Waals surface area contributed by atoms with Gasteiger partial charge in [-0.1, -0.05) is 27.7 Å². The molecule has 1 aromatic rings. The molecule has 0 aliphatic heterocycles. The summed E-state index contributed by atoms with van der Waals surface area (Å²) in [6.45, 7) is 8.54. The van der Waals surface area contributed by atoms with Crippen molar-refractivity contribution in [2.45, 2.75) is 43.8 Å². The van der Waals surface area contributed by atoms with Crippen molar-refractivity contribution >= 4 is 11.8 Å². The lowest BCUT2D eigenvalue weighted by atomic mass is 10.2. The second-order valence-corrected chi connectivity index (χ2v) is 5.25. The third kappa shape index (κ3) is 3.35. The molecular weight excluding hydrogens is 180 g/mol. The zero-order valence-electron chi connectivity index (χ0n) is 8.61. The van der Waals surface area contributed by atoms with Gasteiger partial charge in [-0.2, -0.15) is 0 Å². The summed E-state index contributed by atoms with van der Waals surface area (Å²) in [5, 5.41) is 0.591. The molecule has 0 aliphatic carbocycles. The van der Waals surface area contributed by atoms with E-state index in [2.05, 4.69) is 37.7 Å². The van der Waals surface area contributed by atoms with Crippen LogP contribution in [0.25, 0.3) is 0 Å². The quantitative estimate of drug-likeness (QED) is 0.695. The minimum absolute atomic E-state index is 0.415. The standard InChI is InChI=1S/C10H16N2S/c1-7(2)10-11-5-9(6-12-10)13-8(3)4/h5-8H,1-4H3. The average Bonchev–Trinajstić information content (AvgIpc) is 2.04. The van der Waals surface area contributed by atoms with Crippen LogP contribution in [0.15, 0.2) is 17.3 Å². The van der Waals surface area contributed by atoms with Crippen LogP contribution < -0.4 is 0 Å². The Hall–Kier alpha value is -0.570. The van der Waals surface area contributed by atoms with Crippen LogP contribution in [0.3, 0.4) is 0 Å². The molecule has 72 valence electrons. The monoisotopic (exact) mass is 196 g/mol. The van der Waals surface area contributed by atoms with Crippen molar-refractivity contribution in [3.8, 4) is 0 Å². The van der Waals surface area contributed by atoms with Crippen LogP contribution in [0.4, 0.5) is 0 Å². The first-order valence-corrected chi connectivity index (χ1v) is 5.46. The topological polar surface area (TPSA) is 25.8 Å². The van der Waals surface area contributed by atoms with Gasteiger partial charge in [-0.15, -0.1) is 11.8 Å². The van der Waals surface area contributed by atoms with Gasteiger partial charge in [0.15, 0.2) is 0 Å². The van der Waals surface area contributed by atoms with Crippen molar-refractivity contribution in [1.29, 1.82) is 0 Å². The van der Waals surface area contributed by atoms with Crippen LogP contribution in [0.2, 0.25) is 0 Å². The highest BCUT2D eigenvalue weighted by molar-refractivity contribution is 7.99. The lowest BCUT2D eigenvalue weighted by Gasteiger charge is -2.06. The molecule has 0 saturated heterocycles. The highest BCUT2D eigenvalue weighted by atomic mass is 32.2. The predicted octanol–water partition coefficient (Wildman–Crippen LogP) is 3.10. The number of rotatable bonds is 3. The molecule has 1 rings (SSSR count). The molecular formula is C10H16N2S. The zero-order chi connectivity index (χ0) is 9.84. The molecule has 0 amide bonds. The minimum Gasteiger partial charge on any atom is -0.240 e. The molecule has 1 aromatic heterocycles. The zero-order valence-corrected chi connectivity index (χ0v) is 9.43. The Labute approximate surface area is 84.2 Å². The Morgan fingerprint density at radius 1 is 1.08 bits per heavy atom. The molecule has 0 atom stereocenters. The molecule has 0 radical (unpaired) electrons. The third-order valence-electron chi connectivity index (χ3n) is 1.54. The van der Waals surface area contributed by atoms with Gasteiger partial charge in [0.05, 0.1) is 0 Å². The van der Waals surface area contributed by atoms with Crippen LogP contribution in [0.5, 0.6) is 0 Å². The van der Waals surface area contributed by atoms with E-state index in [9.17, 15) is 0 Å². The lowest BCUT2D eigenvalue weighted by molar-refractivity contribution is 0.765. The fourth-order valence-corrected chi connectivity index (χ4v) is 1.73. The van der Waals surface area contributed by atoms with Crippen LogP contribution in [0, 0.1) is 0 Å². The maximum Gasteiger partial charge on any atom is 0.130 e. The van der Waals surface area contributed by atoms with Crippen LogP contribution >= 0.6 is 11.8 Å². The maximum absolute atomic E-state index is 4.30. The Morgan fingerprint density at radius 3 is 2.00 bits per heavy atom. The first-order valence-electron chi connectivity index (χ1n) is 4.58. The summed E-state index contributed by atoms with van der Waals surface area (Å²) < 4.78 is 0. The first-order chi connectivity index (χ1) is 6.09. The molecule has 1 heterocycles. The Kier molecular flexibility index (Phi) is 3.72. The van der Waals surface area contributed by atoms with E-state index in [1.165, 1.54) is 0 Å². The summed E-state index contributed by atoms with van der Waals surface area (Å²) in [5.74, 6) is 1.34. The molecule has 0 bridgehead atoms. The summed E-state index contributed by atoms with van der Waals surface area (Å²) in [4.78, 5) is 9.75. The molecule has 0 spiro atoms. The van der Waals surface area contributed by atoms with E-state index in [0.29, 0.717) is 11.2 Å². The molecule has 0 unspecified atom stereocenters. The molecule has 0 saturated carbocycles. The van der Waals surface area contributed by atoms with E-state index in [0.717, 1.165) is 10.7 Å². The number of hydrogen-bond donors (Lipinski definition) is 0. The highest BCUT2D eigenvalue weighted by Gasteiger charge is 2.03. The molecule has 3 heteroatoms. The van der Waals surface area contributed by atoms with Gasteiger partial charge in [0.25, 0.3) is 0 Å². The summed E-state index contributed by atoms with van der Waals surface area (Å²) in [5.41, 5.74) is 0. The molecule has 0 aromatic carbocycles. The molecule has 0 N–H and O–H groups in total. The summed E-state index contributed by atoms with van der Waals surface area (Å²) >= 11 is 1.79. The van der Waals surface area contributed by atoms with Gasteiger partial charge in [0.1, 0.15) is 5.82 Å². The van der Waals surface area contributed by atoms with Gasteiger partial charge in [-0.25, -0.2) is 9.97 Å². The maximum atomic E-state index is 4.30. The van der Waals surface area contributed by atoms with Crippen molar-refractivity contribution in [1.82, 2.24) is 9.97 Å². The van der Waals surface area contributed by atoms with Gasteiger partial charge in [-0.05, 0) is 0 Å². The van der Waals surface area contributed by atoms with Gasteiger partial charge in [0, 0.05) is 28.5 Å². The summed E-state index contributed by atoms with van der Waals surface area (Å²) in [7, 11) is 0. The fraction of sp³-hybridized carbons (Fsp3) is 0.600. The molecule has 0 fully saturated rings. The summed E-state index contributed by atoms with van der Waals surface area (Å²) in [6.07, 6.45) is 3.82. The van der Waals surface area contributed by atoms with Crippen LogP contribution in [-0.2, 0) is 0 Å². The van der Waals surface area contributed by atoms with Gasteiger partial charge in [0.2, 0.25) is 0 Å². The predicted molar refractivity (Wildman–Crippen MR) is 57.1 cm³/mol.